The van der Waals surface area contributed by atoms with Gasteiger partial charge >= 0.3 is 5.97 Å². The number of halogens is 2. The zero-order chi connectivity index (χ0) is 11.7. The summed E-state index contributed by atoms with van der Waals surface area (Å²) in [5.74, 6) is -0.458. The van der Waals surface area contributed by atoms with E-state index >= 15 is 0 Å². The average Bonchev–Trinajstić information content (AvgIpc) is 2.96. The maximum absolute atomic E-state index is 11.0. The third kappa shape index (κ3) is 2.97. The van der Waals surface area contributed by atoms with Crippen LogP contribution >= 0.6 is 38.9 Å². The van der Waals surface area contributed by atoms with Gasteiger partial charge < -0.3 is 5.11 Å². The lowest BCUT2D eigenvalue weighted by Gasteiger charge is -2.12. The van der Waals surface area contributed by atoms with E-state index in [1.165, 1.54) is 11.3 Å². The van der Waals surface area contributed by atoms with E-state index in [2.05, 4.69) is 21.2 Å². The smallest absolute Gasteiger partial charge is 0.320 e. The van der Waals surface area contributed by atoms with Gasteiger partial charge in [-0.15, -0.1) is 11.3 Å². The SMILES string of the molecule is O=C(O)C(NCc1cc(Br)c(Cl)s1)C1CC1. The molecule has 0 aromatic carbocycles. The molecule has 88 valence electrons. The highest BCUT2D eigenvalue weighted by Gasteiger charge is 2.35. The summed E-state index contributed by atoms with van der Waals surface area (Å²) in [6.45, 7) is 0.559. The Balaban J connectivity index is 1.92. The molecule has 1 fully saturated rings. The van der Waals surface area contributed by atoms with E-state index in [-0.39, 0.29) is 0 Å². The topological polar surface area (TPSA) is 49.3 Å². The molecule has 1 aliphatic rings. The molecule has 1 aromatic rings. The third-order valence-corrected chi connectivity index (χ3v) is 5.03. The molecular formula is C10H11BrClNO2S. The highest BCUT2D eigenvalue weighted by molar-refractivity contribution is 9.10. The van der Waals surface area contributed by atoms with E-state index in [1.54, 1.807) is 0 Å². The van der Waals surface area contributed by atoms with Gasteiger partial charge in [-0.25, -0.2) is 0 Å². The summed E-state index contributed by atoms with van der Waals surface area (Å²) in [4.78, 5) is 12.0. The Morgan fingerprint density at radius 2 is 2.44 bits per heavy atom. The first-order chi connectivity index (χ1) is 7.58. The molecule has 0 spiro atoms. The van der Waals surface area contributed by atoms with Crippen LogP contribution in [0.15, 0.2) is 10.5 Å². The lowest BCUT2D eigenvalue weighted by molar-refractivity contribution is -0.140. The van der Waals surface area contributed by atoms with Crippen molar-refractivity contribution in [2.75, 3.05) is 0 Å². The molecule has 1 unspecified atom stereocenters. The third-order valence-electron chi connectivity index (χ3n) is 2.55. The number of carboxylic acids is 1. The Morgan fingerprint density at radius 1 is 1.75 bits per heavy atom. The summed E-state index contributed by atoms with van der Waals surface area (Å²) < 4.78 is 1.57. The normalized spacial score (nSPS) is 17.4. The Labute approximate surface area is 111 Å². The van der Waals surface area contributed by atoms with Crippen LogP contribution in [0.4, 0.5) is 0 Å². The van der Waals surface area contributed by atoms with Crippen LogP contribution in [0.5, 0.6) is 0 Å². The Hall–Kier alpha value is -0.100. The number of thiophene rings is 1. The lowest BCUT2D eigenvalue weighted by atomic mass is 10.2. The molecule has 1 aromatic heterocycles. The van der Waals surface area contributed by atoms with E-state index < -0.39 is 12.0 Å². The molecule has 6 heteroatoms. The summed E-state index contributed by atoms with van der Waals surface area (Å²) in [7, 11) is 0. The molecule has 1 atom stereocenters. The molecule has 1 aliphatic carbocycles. The van der Waals surface area contributed by atoms with Gasteiger partial charge in [-0.2, -0.15) is 0 Å². The number of rotatable bonds is 5. The van der Waals surface area contributed by atoms with Crippen molar-refractivity contribution in [3.8, 4) is 0 Å². The van der Waals surface area contributed by atoms with Gasteiger partial charge in [0.15, 0.2) is 0 Å². The van der Waals surface area contributed by atoms with E-state index in [0.29, 0.717) is 16.8 Å². The van der Waals surface area contributed by atoms with Gasteiger partial charge in [0, 0.05) is 15.9 Å². The van der Waals surface area contributed by atoms with Crippen LogP contribution in [0.2, 0.25) is 4.34 Å². The van der Waals surface area contributed by atoms with E-state index in [1.807, 2.05) is 6.07 Å². The zero-order valence-electron chi connectivity index (χ0n) is 8.37. The van der Waals surface area contributed by atoms with Crippen LogP contribution in [0.25, 0.3) is 0 Å². The van der Waals surface area contributed by atoms with E-state index in [0.717, 1.165) is 22.2 Å². The van der Waals surface area contributed by atoms with Crippen molar-refractivity contribution in [3.05, 3.63) is 19.8 Å². The molecule has 16 heavy (non-hydrogen) atoms. The number of hydrogen-bond acceptors (Lipinski definition) is 3. The van der Waals surface area contributed by atoms with Gasteiger partial charge in [0.2, 0.25) is 0 Å². The van der Waals surface area contributed by atoms with E-state index in [4.69, 9.17) is 16.7 Å². The monoisotopic (exact) mass is 323 g/mol. The largest absolute Gasteiger partial charge is 0.480 e. The molecule has 1 heterocycles. The predicted octanol–water partition coefficient (Wildman–Crippen LogP) is 3.12. The van der Waals surface area contributed by atoms with Gasteiger partial charge in [0.25, 0.3) is 0 Å². The van der Waals surface area contributed by atoms with Crippen LogP contribution in [0, 0.1) is 5.92 Å². The summed E-state index contributed by atoms with van der Waals surface area (Å²) >= 11 is 10.7. The summed E-state index contributed by atoms with van der Waals surface area (Å²) in [5, 5.41) is 12.1. The Bertz CT molecular complexity index is 386. The number of carbonyl (C=O) groups is 1. The van der Waals surface area contributed by atoms with Crippen molar-refractivity contribution in [1.29, 1.82) is 0 Å². The van der Waals surface area contributed by atoms with Crippen molar-refractivity contribution in [3.63, 3.8) is 0 Å². The zero-order valence-corrected chi connectivity index (χ0v) is 11.5. The van der Waals surface area contributed by atoms with Crippen molar-refractivity contribution in [2.24, 2.45) is 5.92 Å². The van der Waals surface area contributed by atoms with Gasteiger partial charge in [-0.05, 0) is 40.8 Å². The highest BCUT2D eigenvalue weighted by Crippen LogP contribution is 2.34. The molecule has 0 amide bonds. The Morgan fingerprint density at radius 3 is 2.88 bits per heavy atom. The minimum Gasteiger partial charge on any atom is -0.480 e. The molecular weight excluding hydrogens is 314 g/mol. The number of nitrogens with one attached hydrogen (secondary N) is 1. The summed E-state index contributed by atoms with van der Waals surface area (Å²) in [5.41, 5.74) is 0. The first-order valence-corrected chi connectivity index (χ1v) is 6.96. The Kier molecular flexibility index (Phi) is 3.89. The van der Waals surface area contributed by atoms with Crippen LogP contribution in [0.3, 0.4) is 0 Å². The molecule has 0 bridgehead atoms. The lowest BCUT2D eigenvalue weighted by Crippen LogP contribution is -2.37. The van der Waals surface area contributed by atoms with Crippen LogP contribution < -0.4 is 5.32 Å². The van der Waals surface area contributed by atoms with Gasteiger partial charge in [-0.3, -0.25) is 10.1 Å². The average molecular weight is 325 g/mol. The fraction of sp³-hybridized carbons (Fsp3) is 0.500. The fourth-order valence-corrected chi connectivity index (χ4v) is 3.32. The van der Waals surface area contributed by atoms with Gasteiger partial charge in [0.05, 0.1) is 0 Å². The fourth-order valence-electron chi connectivity index (χ4n) is 1.57. The van der Waals surface area contributed by atoms with Gasteiger partial charge in [-0.1, -0.05) is 11.6 Å². The first kappa shape index (κ1) is 12.4. The molecule has 0 saturated heterocycles. The molecule has 2 rings (SSSR count). The van der Waals surface area contributed by atoms with Crippen molar-refractivity contribution >= 4 is 44.8 Å². The summed E-state index contributed by atoms with van der Waals surface area (Å²) in [6, 6.07) is 1.51. The first-order valence-electron chi connectivity index (χ1n) is 4.98. The maximum Gasteiger partial charge on any atom is 0.320 e. The van der Waals surface area contributed by atoms with Gasteiger partial charge in [0.1, 0.15) is 10.4 Å². The number of hydrogen-bond donors (Lipinski definition) is 2. The predicted molar refractivity (Wildman–Crippen MR) is 68.0 cm³/mol. The van der Waals surface area contributed by atoms with Crippen LogP contribution in [-0.4, -0.2) is 17.1 Å². The second-order valence-corrected chi connectivity index (χ2v) is 6.46. The maximum atomic E-state index is 11.0. The van der Waals surface area contributed by atoms with E-state index in [9.17, 15) is 4.79 Å². The second-order valence-electron chi connectivity index (χ2n) is 3.87. The second kappa shape index (κ2) is 5.04. The summed E-state index contributed by atoms with van der Waals surface area (Å²) in [6.07, 6.45) is 2.03. The highest BCUT2D eigenvalue weighted by atomic mass is 79.9. The van der Waals surface area contributed by atoms with Crippen LogP contribution in [0.1, 0.15) is 17.7 Å². The van der Waals surface area contributed by atoms with Crippen molar-refractivity contribution < 1.29 is 9.90 Å². The minimum absolute atomic E-state index is 0.302. The van der Waals surface area contributed by atoms with Crippen LogP contribution in [-0.2, 0) is 11.3 Å². The number of aliphatic carboxylic acids is 1. The standard InChI is InChI=1S/C10H11BrClNO2S/c11-7-3-6(16-9(7)12)4-13-8(10(14)15)5-1-2-5/h3,5,8,13H,1-2,4H2,(H,14,15). The minimum atomic E-state index is -0.760. The molecule has 3 nitrogen and oxygen atoms in total. The van der Waals surface area contributed by atoms with Crippen molar-refractivity contribution in [1.82, 2.24) is 5.32 Å². The quantitative estimate of drug-likeness (QED) is 0.875. The molecule has 0 radical (unpaired) electrons. The molecule has 0 aliphatic heterocycles. The molecule has 2 N–H and O–H groups in total. The number of carboxylic acid groups (broad SMARTS) is 1. The molecule has 1 saturated carbocycles. The van der Waals surface area contributed by atoms with Crippen molar-refractivity contribution in [2.45, 2.75) is 25.4 Å².